The maximum atomic E-state index is 13.3. The summed E-state index contributed by atoms with van der Waals surface area (Å²) in [6, 6.07) is 19.1. The molecule has 22 heteroatoms. The van der Waals surface area contributed by atoms with E-state index in [9.17, 15) is 24.0 Å². The first-order valence-electron chi connectivity index (χ1n) is 23.9. The quantitative estimate of drug-likeness (QED) is 0.0385. The Bertz CT molecular complexity index is 3100. The van der Waals surface area contributed by atoms with Gasteiger partial charge in [-0.1, -0.05) is 24.3 Å². The van der Waals surface area contributed by atoms with Gasteiger partial charge in [0, 0.05) is 63.2 Å². The first-order valence-corrected chi connectivity index (χ1v) is 23.9. The van der Waals surface area contributed by atoms with Crippen molar-refractivity contribution in [2.45, 2.75) is 80.2 Å². The van der Waals surface area contributed by atoms with Gasteiger partial charge in [0.25, 0.3) is 5.91 Å². The molecule has 7 aromatic rings. The number of benzene rings is 3. The van der Waals surface area contributed by atoms with E-state index in [4.69, 9.17) is 24.7 Å². The van der Waals surface area contributed by atoms with Crippen LogP contribution in [0.3, 0.4) is 0 Å². The number of carbonyl (C=O) groups excluding carboxylic acids is 5. The zero-order valence-corrected chi connectivity index (χ0v) is 44.5. The number of aryl methyl sites for hydroxylation is 4. The number of primary amides is 1. The monoisotopic (exact) mass is 1030 g/mol. The van der Waals surface area contributed by atoms with Gasteiger partial charge in [0.05, 0.1) is 41.7 Å². The lowest BCUT2D eigenvalue weighted by molar-refractivity contribution is 0.0635. The molecule has 0 aliphatic rings. The van der Waals surface area contributed by atoms with Crippen LogP contribution in [0.5, 0.6) is 11.5 Å². The highest BCUT2D eigenvalue weighted by atomic mass is 16.6. The molecule has 22 nitrogen and oxygen atoms in total. The molecule has 75 heavy (non-hydrogen) atoms. The molecule has 0 unspecified atom stereocenters. The minimum atomic E-state index is -0.523. The molecule has 0 saturated heterocycles. The average Bonchev–Trinajstić information content (AvgIpc) is 4.16. The third kappa shape index (κ3) is 16.7. The Hall–Kier alpha value is -8.63. The molecule has 0 aliphatic carbocycles. The predicted octanol–water partition coefficient (Wildman–Crippen LogP) is 7.60. The fraction of sp³-hybridized carbons (Fsp3) is 0.340. The summed E-state index contributed by atoms with van der Waals surface area (Å²) in [5.74, 6) is 1.18. The number of aromatic nitrogens is 8. The van der Waals surface area contributed by atoms with Gasteiger partial charge in [0.15, 0.2) is 6.29 Å². The van der Waals surface area contributed by atoms with Crippen LogP contribution in [0, 0.1) is 13.8 Å². The van der Waals surface area contributed by atoms with Crippen LogP contribution in [0.25, 0.3) is 22.1 Å². The van der Waals surface area contributed by atoms with Crippen LogP contribution in [0.2, 0.25) is 0 Å². The van der Waals surface area contributed by atoms with Crippen LogP contribution < -0.4 is 36.9 Å². The molecule has 3 aromatic carbocycles. The predicted molar refractivity (Wildman–Crippen MR) is 290 cm³/mol. The van der Waals surface area contributed by atoms with Crippen LogP contribution in [0.15, 0.2) is 91.0 Å². The van der Waals surface area contributed by atoms with E-state index in [-0.39, 0.29) is 5.91 Å². The maximum Gasteiger partial charge on any atom is 0.412 e. The minimum absolute atomic E-state index is 0.297. The summed E-state index contributed by atoms with van der Waals surface area (Å²) < 4.78 is 28.3. The third-order valence-corrected chi connectivity index (χ3v) is 10.5. The van der Waals surface area contributed by atoms with Gasteiger partial charge in [-0.3, -0.25) is 39.2 Å². The van der Waals surface area contributed by atoms with Crippen LogP contribution >= 0.6 is 0 Å². The standard InChI is InChI=1S/C29H31N9O4.C16H23NO4.C7H10N2O.CH5N/c1-5-38-23(12-17(2)35-38)27(41)34-29-33-21-13-18(16-39)14-24(42-4)25(21)37(29)11-7-6-10-36-22-9-8-19(26(30)40)15-20(22)32-28(36)31-3;1-16(2,3)21-15(18)17-13-8-7-9-14(12-13)20-11-6-5-10-19-4;1-3-9-7(5-10)4-6(2)8-9;1-2/h6-9,12-16H,5,10-11H2,1-4H3,(H2,30,40)(H,31,32)(H,33,34,41);5-9,12H,10-11H2,1-4H3,(H,17,18);4-5H,3H2,1-2H3;2H2,1H3/b7-6+;6-5+;;. The lowest BCUT2D eigenvalue weighted by Crippen LogP contribution is -2.27. The van der Waals surface area contributed by atoms with Crippen molar-refractivity contribution in [3.05, 3.63) is 125 Å². The van der Waals surface area contributed by atoms with Crippen LogP contribution in [-0.4, -0.2) is 116 Å². The van der Waals surface area contributed by atoms with Gasteiger partial charge < -0.3 is 44.9 Å². The third-order valence-electron chi connectivity index (χ3n) is 10.5. The van der Waals surface area contributed by atoms with E-state index in [0.717, 1.165) is 36.0 Å². The summed E-state index contributed by atoms with van der Waals surface area (Å²) in [6.45, 7) is 16.1. The molecule has 0 bridgehead atoms. The highest BCUT2D eigenvalue weighted by Crippen LogP contribution is 2.31. The Morgan fingerprint density at radius 2 is 1.41 bits per heavy atom. The lowest BCUT2D eigenvalue weighted by atomic mass is 10.2. The first kappa shape index (κ1) is 58.9. The van der Waals surface area contributed by atoms with E-state index in [0.29, 0.717) is 101 Å². The summed E-state index contributed by atoms with van der Waals surface area (Å²) in [7, 11) is 6.43. The highest BCUT2D eigenvalue weighted by molar-refractivity contribution is 6.03. The number of imidazole rings is 2. The minimum Gasteiger partial charge on any atom is -0.494 e. The number of hydrogen-bond acceptors (Lipinski definition) is 15. The average molecular weight is 1030 g/mol. The molecule has 7 rings (SSSR count). The smallest absolute Gasteiger partial charge is 0.412 e. The number of carbonyl (C=O) groups is 5. The number of allylic oxidation sites excluding steroid dienone is 2. The zero-order chi connectivity index (χ0) is 55.2. The van der Waals surface area contributed by atoms with Gasteiger partial charge in [-0.05, 0) is 116 Å². The van der Waals surface area contributed by atoms with E-state index < -0.39 is 17.6 Å². The van der Waals surface area contributed by atoms with Gasteiger partial charge in [0.2, 0.25) is 17.8 Å². The number of anilines is 3. The van der Waals surface area contributed by atoms with E-state index in [1.54, 1.807) is 78.1 Å². The van der Waals surface area contributed by atoms with Crippen molar-refractivity contribution in [3.63, 3.8) is 0 Å². The number of ether oxygens (including phenoxy) is 4. The van der Waals surface area contributed by atoms with Gasteiger partial charge in [-0.25, -0.2) is 14.8 Å². The number of nitrogens with zero attached hydrogens (tertiary/aromatic N) is 8. The van der Waals surface area contributed by atoms with Gasteiger partial charge in [-0.15, -0.1) is 0 Å². The number of nitrogens with two attached hydrogens (primary N) is 2. The highest BCUT2D eigenvalue weighted by Gasteiger charge is 2.21. The fourth-order valence-corrected chi connectivity index (χ4v) is 7.28. The molecule has 7 N–H and O–H groups in total. The fourth-order valence-electron chi connectivity index (χ4n) is 7.28. The number of nitrogens with one attached hydrogen (secondary N) is 3. The Labute approximate surface area is 436 Å². The second-order valence-electron chi connectivity index (χ2n) is 17.1. The van der Waals surface area contributed by atoms with Gasteiger partial charge in [-0.2, -0.15) is 10.2 Å². The van der Waals surface area contributed by atoms with Crippen molar-refractivity contribution in [1.82, 2.24) is 38.7 Å². The number of fused-ring (bicyclic) bond motifs is 2. The Morgan fingerprint density at radius 1 is 0.747 bits per heavy atom. The molecule has 0 saturated carbocycles. The lowest BCUT2D eigenvalue weighted by Gasteiger charge is -2.19. The Balaban J connectivity index is 0.000000304. The normalized spacial score (nSPS) is 11.0. The molecule has 0 radical (unpaired) electrons. The number of rotatable bonds is 19. The molecule has 0 fully saturated rings. The SMILES string of the molecule is CCn1nc(C)cc1C(=O)Nc1nc2cc(C=O)cc(OC)c2n1C/C=C/Cn1c(NC)nc2cc(C(N)=O)ccc21.CCn1nc(C)cc1C=O.CN.COC/C=C/COc1cccc(NC(=O)OC(C)(C)C)c1. The van der Waals surface area contributed by atoms with E-state index in [1.807, 2.05) is 94.0 Å². The Morgan fingerprint density at radius 3 is 2.03 bits per heavy atom. The number of hydrogen-bond donors (Lipinski definition) is 5. The topological polar surface area (TPSA) is 282 Å². The largest absolute Gasteiger partial charge is 0.494 e. The molecular formula is C53H69N13O9. The molecule has 4 aromatic heterocycles. The molecule has 0 atom stereocenters. The first-order chi connectivity index (χ1) is 35.9. The molecular weight excluding hydrogens is 963 g/mol. The van der Waals surface area contributed by atoms with Crippen molar-refractivity contribution in [2.75, 3.05) is 57.5 Å². The van der Waals surface area contributed by atoms with Crippen molar-refractivity contribution in [3.8, 4) is 11.5 Å². The summed E-state index contributed by atoms with van der Waals surface area (Å²) in [5.41, 5.74) is 16.1. The molecule has 0 spiro atoms. The second-order valence-corrected chi connectivity index (χ2v) is 17.1. The van der Waals surface area contributed by atoms with Gasteiger partial charge >= 0.3 is 6.09 Å². The molecule has 400 valence electrons. The molecule has 4 heterocycles. The van der Waals surface area contributed by atoms with Crippen molar-refractivity contribution < 1.29 is 42.9 Å². The van der Waals surface area contributed by atoms with E-state index in [2.05, 4.69) is 41.8 Å². The summed E-state index contributed by atoms with van der Waals surface area (Å²) in [5, 5.41) is 17.1. The van der Waals surface area contributed by atoms with Crippen molar-refractivity contribution in [2.24, 2.45) is 11.5 Å². The summed E-state index contributed by atoms with van der Waals surface area (Å²) in [6.07, 6.45) is 8.71. The summed E-state index contributed by atoms with van der Waals surface area (Å²) >= 11 is 0. The zero-order valence-electron chi connectivity index (χ0n) is 44.5. The summed E-state index contributed by atoms with van der Waals surface area (Å²) in [4.78, 5) is 67.7. The number of aldehydes is 2. The van der Waals surface area contributed by atoms with Crippen LogP contribution in [0.4, 0.5) is 22.4 Å². The second kappa shape index (κ2) is 28.6. The number of methoxy groups -OCH3 is 2. The Kier molecular flexibility index (Phi) is 22.5. The van der Waals surface area contributed by atoms with Gasteiger partial charge in [0.1, 0.15) is 46.9 Å². The van der Waals surface area contributed by atoms with Crippen molar-refractivity contribution in [1.29, 1.82) is 0 Å². The van der Waals surface area contributed by atoms with E-state index >= 15 is 0 Å². The van der Waals surface area contributed by atoms with Crippen molar-refractivity contribution >= 4 is 70.1 Å². The molecule has 0 aliphatic heterocycles. The number of amides is 3. The van der Waals surface area contributed by atoms with Crippen LogP contribution in [-0.2, 0) is 35.7 Å². The van der Waals surface area contributed by atoms with Crippen LogP contribution in [0.1, 0.15) is 87.7 Å². The maximum absolute atomic E-state index is 13.3. The molecule has 3 amide bonds. The van der Waals surface area contributed by atoms with E-state index in [1.165, 1.54) is 14.2 Å².